The zero-order chi connectivity index (χ0) is 11.7. The Labute approximate surface area is 100 Å². The van der Waals surface area contributed by atoms with Crippen LogP contribution < -0.4 is 5.32 Å². The zero-order valence-electron chi connectivity index (χ0n) is 9.79. The number of benzene rings is 1. The molecule has 0 saturated carbocycles. The van der Waals surface area contributed by atoms with Crippen LogP contribution in [-0.4, -0.2) is 16.8 Å². The van der Waals surface area contributed by atoms with Crippen LogP contribution >= 0.6 is 11.6 Å². The molecule has 3 nitrogen and oxygen atoms in total. The lowest BCUT2D eigenvalue weighted by Crippen LogP contribution is -2.13. The van der Waals surface area contributed by atoms with Crippen LogP contribution in [0.3, 0.4) is 0 Å². The molecule has 2 rings (SSSR count). The maximum Gasteiger partial charge on any atom is 0.111 e. The van der Waals surface area contributed by atoms with E-state index in [0.29, 0.717) is 11.1 Å². The van der Waals surface area contributed by atoms with E-state index in [2.05, 4.69) is 30.3 Å². The molecule has 0 aliphatic rings. The summed E-state index contributed by atoms with van der Waals surface area (Å²) in [5.41, 5.74) is 2.08. The van der Waals surface area contributed by atoms with Crippen molar-refractivity contribution in [3.8, 4) is 0 Å². The molecule has 0 radical (unpaired) electrons. The van der Waals surface area contributed by atoms with Gasteiger partial charge < -0.3 is 5.32 Å². The average molecular weight is 238 g/mol. The van der Waals surface area contributed by atoms with Crippen molar-refractivity contribution in [3.63, 3.8) is 0 Å². The number of aromatic nitrogens is 2. The Balaban J connectivity index is 2.70. The molecule has 0 fully saturated rings. The van der Waals surface area contributed by atoms with Gasteiger partial charge in [0.15, 0.2) is 0 Å². The zero-order valence-corrected chi connectivity index (χ0v) is 10.5. The average Bonchev–Trinajstić information content (AvgIpc) is 2.60. The van der Waals surface area contributed by atoms with Gasteiger partial charge in [-0.3, -0.25) is 4.68 Å². The van der Waals surface area contributed by atoms with Crippen LogP contribution in [0.1, 0.15) is 25.6 Å². The lowest BCUT2D eigenvalue weighted by molar-refractivity contribution is 0.507. The van der Waals surface area contributed by atoms with E-state index in [1.165, 1.54) is 5.69 Å². The number of nitrogens with one attached hydrogen (secondary N) is 1. The molecule has 0 amide bonds. The van der Waals surface area contributed by atoms with Crippen molar-refractivity contribution >= 4 is 22.5 Å². The quantitative estimate of drug-likeness (QED) is 0.890. The Bertz CT molecular complexity index is 502. The predicted octanol–water partition coefficient (Wildman–Crippen LogP) is 2.99. The summed E-state index contributed by atoms with van der Waals surface area (Å²) >= 11 is 6.15. The second-order valence-corrected chi connectivity index (χ2v) is 4.56. The van der Waals surface area contributed by atoms with E-state index in [0.717, 1.165) is 17.4 Å². The molecule has 1 heterocycles. The minimum absolute atomic E-state index is 0.340. The van der Waals surface area contributed by atoms with E-state index in [1.54, 1.807) is 0 Å². The highest BCUT2D eigenvalue weighted by molar-refractivity contribution is 6.35. The molecule has 2 aromatic rings. The fourth-order valence-electron chi connectivity index (χ4n) is 1.91. The maximum atomic E-state index is 6.15. The van der Waals surface area contributed by atoms with Crippen molar-refractivity contribution < 1.29 is 0 Å². The van der Waals surface area contributed by atoms with Crippen molar-refractivity contribution in [2.45, 2.75) is 26.4 Å². The van der Waals surface area contributed by atoms with Crippen molar-refractivity contribution in [2.24, 2.45) is 0 Å². The van der Waals surface area contributed by atoms with Crippen molar-refractivity contribution in [3.05, 3.63) is 28.9 Å². The first-order valence-corrected chi connectivity index (χ1v) is 5.83. The van der Waals surface area contributed by atoms with Crippen molar-refractivity contribution in [1.82, 2.24) is 15.1 Å². The SMILES string of the molecule is CNCc1c2cccc(Cl)c2nn1C(C)C. The molecular weight excluding hydrogens is 222 g/mol. The normalized spacial score (nSPS) is 11.6. The summed E-state index contributed by atoms with van der Waals surface area (Å²) in [6.07, 6.45) is 0. The third-order valence-electron chi connectivity index (χ3n) is 2.62. The third-order valence-corrected chi connectivity index (χ3v) is 2.92. The van der Waals surface area contributed by atoms with E-state index in [1.807, 2.05) is 23.9 Å². The topological polar surface area (TPSA) is 29.9 Å². The van der Waals surface area contributed by atoms with Crippen LogP contribution in [0, 0.1) is 0 Å². The monoisotopic (exact) mass is 237 g/mol. The Morgan fingerprint density at radius 3 is 2.81 bits per heavy atom. The Morgan fingerprint density at radius 2 is 2.19 bits per heavy atom. The molecule has 0 spiro atoms. The number of halogens is 1. The summed E-state index contributed by atoms with van der Waals surface area (Å²) < 4.78 is 2.03. The highest BCUT2D eigenvalue weighted by Gasteiger charge is 2.14. The van der Waals surface area contributed by atoms with Crippen LogP contribution in [0.4, 0.5) is 0 Å². The van der Waals surface area contributed by atoms with Gasteiger partial charge in [0.1, 0.15) is 5.52 Å². The predicted molar refractivity (Wildman–Crippen MR) is 67.9 cm³/mol. The highest BCUT2D eigenvalue weighted by Crippen LogP contribution is 2.27. The molecule has 1 aromatic heterocycles. The summed E-state index contributed by atoms with van der Waals surface area (Å²) in [4.78, 5) is 0. The molecule has 0 atom stereocenters. The number of rotatable bonds is 3. The largest absolute Gasteiger partial charge is 0.314 e. The van der Waals surface area contributed by atoms with E-state index in [4.69, 9.17) is 11.6 Å². The van der Waals surface area contributed by atoms with Crippen LogP contribution in [0.5, 0.6) is 0 Å². The lowest BCUT2D eigenvalue weighted by Gasteiger charge is -2.10. The summed E-state index contributed by atoms with van der Waals surface area (Å²) in [6, 6.07) is 6.26. The Hall–Kier alpha value is -1.06. The Kier molecular flexibility index (Phi) is 3.17. The first-order chi connectivity index (χ1) is 7.65. The molecule has 0 unspecified atom stereocenters. The van der Waals surface area contributed by atoms with Gasteiger partial charge in [0.2, 0.25) is 0 Å². The fraction of sp³-hybridized carbons (Fsp3) is 0.417. The summed E-state index contributed by atoms with van der Waals surface area (Å²) in [7, 11) is 1.94. The Morgan fingerprint density at radius 1 is 1.44 bits per heavy atom. The standard InChI is InChI=1S/C12H16ClN3/c1-8(2)16-11(7-14-3)9-5-4-6-10(13)12(9)15-16/h4-6,8,14H,7H2,1-3H3. The van der Waals surface area contributed by atoms with E-state index >= 15 is 0 Å². The molecule has 1 aromatic carbocycles. The van der Waals surface area contributed by atoms with Gasteiger partial charge in [-0.2, -0.15) is 5.10 Å². The first kappa shape index (κ1) is 11.4. The second kappa shape index (κ2) is 4.44. The number of hydrogen-bond donors (Lipinski definition) is 1. The number of nitrogens with zero attached hydrogens (tertiary/aromatic N) is 2. The number of hydrogen-bond acceptors (Lipinski definition) is 2. The van der Waals surface area contributed by atoms with Gasteiger partial charge >= 0.3 is 0 Å². The van der Waals surface area contributed by atoms with Crippen LogP contribution in [0.15, 0.2) is 18.2 Å². The molecule has 0 saturated heterocycles. The highest BCUT2D eigenvalue weighted by atomic mass is 35.5. The second-order valence-electron chi connectivity index (χ2n) is 4.15. The molecule has 4 heteroatoms. The van der Waals surface area contributed by atoms with E-state index in [9.17, 15) is 0 Å². The first-order valence-electron chi connectivity index (χ1n) is 5.45. The van der Waals surface area contributed by atoms with Crippen LogP contribution in [-0.2, 0) is 6.54 Å². The summed E-state index contributed by atoms with van der Waals surface area (Å²) in [6.45, 7) is 5.05. The minimum Gasteiger partial charge on any atom is -0.314 e. The molecular formula is C12H16ClN3. The van der Waals surface area contributed by atoms with Gasteiger partial charge in [-0.25, -0.2) is 0 Å². The smallest absolute Gasteiger partial charge is 0.111 e. The van der Waals surface area contributed by atoms with Gasteiger partial charge in [0, 0.05) is 18.0 Å². The van der Waals surface area contributed by atoms with Gasteiger partial charge in [0.25, 0.3) is 0 Å². The number of fused-ring (bicyclic) bond motifs is 1. The van der Waals surface area contributed by atoms with Gasteiger partial charge in [-0.15, -0.1) is 0 Å². The summed E-state index contributed by atoms with van der Waals surface area (Å²) in [5, 5.41) is 9.60. The minimum atomic E-state index is 0.340. The molecule has 0 aliphatic carbocycles. The maximum absolute atomic E-state index is 6.15. The van der Waals surface area contributed by atoms with Crippen LogP contribution in [0.2, 0.25) is 5.02 Å². The molecule has 16 heavy (non-hydrogen) atoms. The summed E-state index contributed by atoms with van der Waals surface area (Å²) in [5.74, 6) is 0. The van der Waals surface area contributed by atoms with Crippen molar-refractivity contribution in [1.29, 1.82) is 0 Å². The van der Waals surface area contributed by atoms with Gasteiger partial charge in [-0.05, 0) is 27.0 Å². The fourth-order valence-corrected chi connectivity index (χ4v) is 2.12. The van der Waals surface area contributed by atoms with Gasteiger partial charge in [-0.1, -0.05) is 23.7 Å². The molecule has 86 valence electrons. The van der Waals surface area contributed by atoms with Gasteiger partial charge in [0.05, 0.1) is 10.7 Å². The molecule has 0 aliphatic heterocycles. The van der Waals surface area contributed by atoms with E-state index in [-0.39, 0.29) is 0 Å². The van der Waals surface area contributed by atoms with Crippen LogP contribution in [0.25, 0.3) is 10.9 Å². The van der Waals surface area contributed by atoms with Crippen molar-refractivity contribution in [2.75, 3.05) is 7.05 Å². The molecule has 1 N–H and O–H groups in total. The lowest BCUT2D eigenvalue weighted by atomic mass is 10.2. The van der Waals surface area contributed by atoms with E-state index < -0.39 is 0 Å². The molecule has 0 bridgehead atoms. The third kappa shape index (κ3) is 1.81.